The summed E-state index contributed by atoms with van der Waals surface area (Å²) >= 11 is 0. The first-order valence-corrected chi connectivity index (χ1v) is 7.91. The summed E-state index contributed by atoms with van der Waals surface area (Å²) in [5, 5.41) is 7.95. The Morgan fingerprint density at radius 1 is 1.50 bits per heavy atom. The van der Waals surface area contributed by atoms with Gasteiger partial charge in [0.05, 0.1) is 24.3 Å². The maximum absolute atomic E-state index is 11.2. The summed E-state index contributed by atoms with van der Waals surface area (Å²) in [6, 6.07) is 2.05. The molecule has 0 spiro atoms. The third kappa shape index (κ3) is 2.28. The van der Waals surface area contributed by atoms with Crippen LogP contribution in [0.25, 0.3) is 11.3 Å². The molecule has 1 aliphatic carbocycles. The molecule has 18 heavy (non-hydrogen) atoms. The molecule has 1 saturated carbocycles. The van der Waals surface area contributed by atoms with Gasteiger partial charge in [0.15, 0.2) is 0 Å². The molecule has 96 valence electrons. The van der Waals surface area contributed by atoms with Crippen molar-refractivity contribution in [3.05, 3.63) is 24.3 Å². The first-order valence-electron chi connectivity index (χ1n) is 5.43. The third-order valence-electron chi connectivity index (χ3n) is 2.76. The average Bonchev–Trinajstić information content (AvgIpc) is 2.83. The van der Waals surface area contributed by atoms with E-state index in [9.17, 15) is 8.42 Å². The van der Waals surface area contributed by atoms with Crippen molar-refractivity contribution in [2.75, 3.05) is 0 Å². The number of furan rings is 1. The summed E-state index contributed by atoms with van der Waals surface area (Å²) in [7, 11) is 1.62. The van der Waals surface area contributed by atoms with E-state index < -0.39 is 9.05 Å². The van der Waals surface area contributed by atoms with Gasteiger partial charge in [-0.25, -0.2) is 13.1 Å². The quantitative estimate of drug-likeness (QED) is 0.803. The van der Waals surface area contributed by atoms with E-state index in [-0.39, 0.29) is 5.75 Å². The van der Waals surface area contributed by atoms with Gasteiger partial charge in [0.1, 0.15) is 11.4 Å². The lowest BCUT2D eigenvalue weighted by atomic mass is 10.2. The van der Waals surface area contributed by atoms with E-state index in [1.54, 1.807) is 17.0 Å². The van der Waals surface area contributed by atoms with E-state index in [1.807, 2.05) is 0 Å². The number of hydrogen-bond acceptors (Lipinski definition) is 5. The molecule has 2 aromatic rings. The summed E-state index contributed by atoms with van der Waals surface area (Å²) in [5.74, 6) is -0.332. The molecule has 6 nitrogen and oxygen atoms in total. The standard InChI is InChI=1S/C10H10ClN3O3S/c11-18(15,16)6-9-10(7-3-4-17-5-7)14(13-12-9)8-1-2-8/h3-5,8H,1-2,6H2. The van der Waals surface area contributed by atoms with Gasteiger partial charge in [0.25, 0.3) is 0 Å². The van der Waals surface area contributed by atoms with E-state index in [4.69, 9.17) is 15.1 Å². The number of aromatic nitrogens is 3. The number of rotatable bonds is 4. The van der Waals surface area contributed by atoms with Crippen molar-refractivity contribution in [1.82, 2.24) is 15.0 Å². The molecule has 0 atom stereocenters. The average molecular weight is 288 g/mol. The van der Waals surface area contributed by atoms with E-state index in [0.717, 1.165) is 18.4 Å². The Hall–Kier alpha value is -1.34. The van der Waals surface area contributed by atoms with Crippen molar-refractivity contribution in [2.45, 2.75) is 24.6 Å². The van der Waals surface area contributed by atoms with Crippen LogP contribution in [0, 0.1) is 0 Å². The fraction of sp³-hybridized carbons (Fsp3) is 0.400. The summed E-state index contributed by atoms with van der Waals surface area (Å²) in [6.45, 7) is 0. The lowest BCUT2D eigenvalue weighted by Gasteiger charge is -2.03. The molecule has 0 amide bonds. The molecular formula is C10H10ClN3O3S. The van der Waals surface area contributed by atoms with Crippen molar-refractivity contribution in [2.24, 2.45) is 0 Å². The van der Waals surface area contributed by atoms with Gasteiger partial charge in [-0.3, -0.25) is 0 Å². The Morgan fingerprint density at radius 2 is 2.28 bits per heavy atom. The number of nitrogens with zero attached hydrogens (tertiary/aromatic N) is 3. The highest BCUT2D eigenvalue weighted by Gasteiger charge is 2.30. The van der Waals surface area contributed by atoms with Crippen LogP contribution in [0.3, 0.4) is 0 Å². The maximum Gasteiger partial charge on any atom is 0.238 e. The van der Waals surface area contributed by atoms with E-state index in [1.165, 1.54) is 6.26 Å². The molecule has 1 aliphatic rings. The van der Waals surface area contributed by atoms with Crippen LogP contribution in [0.2, 0.25) is 0 Å². The highest BCUT2D eigenvalue weighted by atomic mass is 35.7. The second-order valence-corrected chi connectivity index (χ2v) is 7.03. The summed E-state index contributed by atoms with van der Waals surface area (Å²) in [6.07, 6.45) is 5.13. The zero-order valence-electron chi connectivity index (χ0n) is 9.28. The smallest absolute Gasteiger partial charge is 0.238 e. The Bertz CT molecular complexity index is 659. The van der Waals surface area contributed by atoms with Crippen LogP contribution in [0.5, 0.6) is 0 Å². The Kier molecular flexibility index (Phi) is 2.67. The Balaban J connectivity index is 2.09. The molecule has 0 aromatic carbocycles. The fourth-order valence-electron chi connectivity index (χ4n) is 1.86. The molecule has 3 rings (SSSR count). The second kappa shape index (κ2) is 4.10. The lowest BCUT2D eigenvalue weighted by molar-refractivity contribution is 0.566. The lowest BCUT2D eigenvalue weighted by Crippen LogP contribution is -2.01. The molecule has 1 fully saturated rings. The first kappa shape index (κ1) is 11.7. The Labute approximate surface area is 108 Å². The Morgan fingerprint density at radius 3 is 2.83 bits per heavy atom. The SMILES string of the molecule is O=S(=O)(Cl)Cc1nnn(C2CC2)c1-c1ccoc1. The van der Waals surface area contributed by atoms with Gasteiger partial charge < -0.3 is 4.42 Å². The molecule has 0 bridgehead atoms. The van der Waals surface area contributed by atoms with Crippen LogP contribution in [0.15, 0.2) is 23.0 Å². The molecule has 0 aliphatic heterocycles. The van der Waals surface area contributed by atoms with Crippen LogP contribution >= 0.6 is 10.7 Å². The van der Waals surface area contributed by atoms with Gasteiger partial charge in [0.2, 0.25) is 9.05 Å². The van der Waals surface area contributed by atoms with Gasteiger partial charge in [-0.2, -0.15) is 0 Å². The normalized spacial score (nSPS) is 16.1. The first-order chi connectivity index (χ1) is 8.54. The fourth-order valence-corrected chi connectivity index (χ4v) is 2.69. The zero-order valence-corrected chi connectivity index (χ0v) is 10.9. The largest absolute Gasteiger partial charge is 0.472 e. The predicted octanol–water partition coefficient (Wildman–Crippen LogP) is 1.94. The summed E-state index contributed by atoms with van der Waals surface area (Å²) in [5.41, 5.74) is 1.80. The van der Waals surface area contributed by atoms with Crippen LogP contribution in [-0.2, 0) is 14.8 Å². The van der Waals surface area contributed by atoms with Crippen molar-refractivity contribution < 1.29 is 12.8 Å². The molecule has 2 aromatic heterocycles. The molecule has 2 heterocycles. The predicted molar refractivity (Wildman–Crippen MR) is 64.5 cm³/mol. The minimum Gasteiger partial charge on any atom is -0.472 e. The van der Waals surface area contributed by atoms with Gasteiger partial charge >= 0.3 is 0 Å². The van der Waals surface area contributed by atoms with Gasteiger partial charge in [0, 0.05) is 16.2 Å². The number of halogens is 1. The molecule has 0 radical (unpaired) electrons. The van der Waals surface area contributed by atoms with Gasteiger partial charge in [-0.15, -0.1) is 5.10 Å². The summed E-state index contributed by atoms with van der Waals surface area (Å²) < 4.78 is 29.1. The summed E-state index contributed by atoms with van der Waals surface area (Å²) in [4.78, 5) is 0. The van der Waals surface area contributed by atoms with E-state index >= 15 is 0 Å². The van der Waals surface area contributed by atoms with E-state index in [0.29, 0.717) is 17.4 Å². The van der Waals surface area contributed by atoms with Crippen molar-refractivity contribution >= 4 is 19.7 Å². The highest BCUT2D eigenvalue weighted by molar-refractivity contribution is 8.13. The van der Waals surface area contributed by atoms with Crippen molar-refractivity contribution in [3.8, 4) is 11.3 Å². The molecular weight excluding hydrogens is 278 g/mol. The van der Waals surface area contributed by atoms with Gasteiger partial charge in [-0.05, 0) is 18.9 Å². The number of hydrogen-bond donors (Lipinski definition) is 0. The molecule has 0 saturated heterocycles. The van der Waals surface area contributed by atoms with Gasteiger partial charge in [-0.1, -0.05) is 5.21 Å². The molecule has 0 N–H and O–H groups in total. The zero-order chi connectivity index (χ0) is 12.8. The second-order valence-electron chi connectivity index (χ2n) is 4.26. The van der Waals surface area contributed by atoms with Crippen LogP contribution < -0.4 is 0 Å². The van der Waals surface area contributed by atoms with E-state index in [2.05, 4.69) is 10.3 Å². The third-order valence-corrected chi connectivity index (χ3v) is 3.71. The monoisotopic (exact) mass is 287 g/mol. The maximum atomic E-state index is 11.2. The highest BCUT2D eigenvalue weighted by Crippen LogP contribution is 2.38. The van der Waals surface area contributed by atoms with Crippen LogP contribution in [-0.4, -0.2) is 23.4 Å². The van der Waals surface area contributed by atoms with Crippen LogP contribution in [0.4, 0.5) is 0 Å². The minimum absolute atomic E-state index is 0.300. The topological polar surface area (TPSA) is 78.0 Å². The van der Waals surface area contributed by atoms with Crippen molar-refractivity contribution in [1.29, 1.82) is 0 Å². The molecule has 8 heteroatoms. The molecule has 0 unspecified atom stereocenters. The van der Waals surface area contributed by atoms with Crippen molar-refractivity contribution in [3.63, 3.8) is 0 Å². The van der Waals surface area contributed by atoms with Crippen LogP contribution in [0.1, 0.15) is 24.6 Å². The minimum atomic E-state index is -3.66.